The van der Waals surface area contributed by atoms with Crippen molar-refractivity contribution in [2.75, 3.05) is 9.18 Å². The van der Waals surface area contributed by atoms with Crippen molar-refractivity contribution >= 4 is 23.2 Å². The second-order valence-electron chi connectivity index (χ2n) is 2.07. The van der Waals surface area contributed by atoms with E-state index in [-0.39, 0.29) is 0 Å². The van der Waals surface area contributed by atoms with E-state index in [0.717, 1.165) is 15.6 Å². The topological polar surface area (TPSA) is 0 Å². The summed E-state index contributed by atoms with van der Waals surface area (Å²) in [5.41, 5.74) is 0. The van der Waals surface area contributed by atoms with Gasteiger partial charge in [0.1, 0.15) is 0 Å². The summed E-state index contributed by atoms with van der Waals surface area (Å²) in [6, 6.07) is 0. The van der Waals surface area contributed by atoms with Crippen LogP contribution in [0.3, 0.4) is 0 Å². The molecule has 0 bridgehead atoms. The minimum absolute atomic E-state index is 0.782. The zero-order valence-corrected chi connectivity index (χ0v) is 8.47. The number of alkyl halides is 2. The van der Waals surface area contributed by atoms with E-state index in [1.54, 1.807) is 0 Å². The van der Waals surface area contributed by atoms with Crippen LogP contribution in [0, 0.1) is 0 Å². The van der Waals surface area contributed by atoms with Crippen molar-refractivity contribution in [1.29, 1.82) is 0 Å². The molecule has 0 heterocycles. The summed E-state index contributed by atoms with van der Waals surface area (Å²) >= 11 is 10.5. The Labute approximate surface area is 76.4 Å². The van der Waals surface area contributed by atoms with Crippen molar-refractivity contribution in [1.82, 2.24) is 0 Å². The molecule has 0 aromatic heterocycles. The van der Waals surface area contributed by atoms with Crippen molar-refractivity contribution < 1.29 is 15.2 Å². The zero-order chi connectivity index (χ0) is 7.40. The summed E-state index contributed by atoms with van der Waals surface area (Å²) in [5.74, 6) is 0. The van der Waals surface area contributed by atoms with Crippen LogP contribution in [0.2, 0.25) is 0 Å². The van der Waals surface area contributed by atoms with Crippen LogP contribution in [0.25, 0.3) is 0 Å². The molecule has 0 saturated carbocycles. The normalized spacial score (nSPS) is 16.5. The van der Waals surface area contributed by atoms with Gasteiger partial charge in [0.05, 0.1) is 0 Å². The molecule has 0 nitrogen and oxygen atoms in total. The molecule has 56 valence electrons. The number of halogens is 2. The maximum atomic E-state index is 5.76. The molecular weight excluding hydrogens is 206 g/mol. The summed E-state index contributed by atoms with van der Waals surface area (Å²) in [6.45, 7) is 0. The van der Waals surface area contributed by atoms with Crippen LogP contribution in [-0.4, -0.2) is 9.18 Å². The summed E-state index contributed by atoms with van der Waals surface area (Å²) in [5, 5.41) is 0. The number of hydrogen-bond acceptors (Lipinski definition) is 0. The first kappa shape index (κ1) is 8.74. The first-order chi connectivity index (χ1) is 4.88. The molecule has 1 aliphatic carbocycles. The summed E-state index contributed by atoms with van der Waals surface area (Å²) in [7, 11) is 0. The van der Waals surface area contributed by atoms with E-state index in [1.165, 1.54) is 4.28 Å². The average Bonchev–Trinajstić information content (AvgIpc) is 2.43. The van der Waals surface area contributed by atoms with Gasteiger partial charge in [-0.25, -0.2) is 0 Å². The van der Waals surface area contributed by atoms with Gasteiger partial charge in [0.25, 0.3) is 0 Å². The number of rotatable bonds is 3. The third-order valence-electron chi connectivity index (χ3n) is 1.45. The predicted octanol–water partition coefficient (Wildman–Crippen LogP) is 2.84. The van der Waals surface area contributed by atoms with E-state index in [1.807, 2.05) is 0 Å². The van der Waals surface area contributed by atoms with Crippen LogP contribution in [0.1, 0.15) is 6.42 Å². The standard InChI is InChI=1S/C5H5.2CH2Cl.V/c1-2-4-5-3-1;2*1-2;/h1-3H,4H2;2*1H2;. The Morgan fingerprint density at radius 3 is 2.50 bits per heavy atom. The summed E-state index contributed by atoms with van der Waals surface area (Å²) in [4.78, 5) is 0. The van der Waals surface area contributed by atoms with Crippen LogP contribution in [0.5, 0.6) is 0 Å². The average molecular weight is 215 g/mol. The number of hydrogen-bond donors (Lipinski definition) is 0. The van der Waals surface area contributed by atoms with Crippen LogP contribution >= 0.6 is 23.2 Å². The molecule has 1 rings (SSSR count). The van der Waals surface area contributed by atoms with E-state index in [4.69, 9.17) is 23.2 Å². The first-order valence-corrected chi connectivity index (χ1v) is 6.85. The molecule has 0 atom stereocenters. The van der Waals surface area contributed by atoms with E-state index < -0.39 is 15.2 Å². The molecule has 1 aliphatic rings. The van der Waals surface area contributed by atoms with Gasteiger partial charge >= 0.3 is 76.5 Å². The Kier molecular flexibility index (Phi) is 3.94. The Balaban J connectivity index is 2.47. The second-order valence-corrected chi connectivity index (χ2v) is 7.37. The van der Waals surface area contributed by atoms with Crippen molar-refractivity contribution in [3.05, 3.63) is 22.5 Å². The quantitative estimate of drug-likeness (QED) is 0.635. The molecule has 0 N–H and O–H groups in total. The molecule has 0 aromatic carbocycles. The fourth-order valence-electron chi connectivity index (χ4n) is 0.856. The van der Waals surface area contributed by atoms with Crippen LogP contribution < -0.4 is 0 Å². The fourth-order valence-corrected chi connectivity index (χ4v) is 4.79. The molecule has 0 amide bonds. The van der Waals surface area contributed by atoms with Gasteiger partial charge in [0.2, 0.25) is 0 Å². The van der Waals surface area contributed by atoms with Crippen LogP contribution in [0.15, 0.2) is 22.5 Å². The Morgan fingerprint density at radius 1 is 1.40 bits per heavy atom. The van der Waals surface area contributed by atoms with Gasteiger partial charge in [-0.1, -0.05) is 0 Å². The Morgan fingerprint density at radius 2 is 2.10 bits per heavy atom. The third kappa shape index (κ3) is 2.06. The molecular formula is C7H9Cl2V. The van der Waals surface area contributed by atoms with Crippen LogP contribution in [0.4, 0.5) is 0 Å². The van der Waals surface area contributed by atoms with Crippen LogP contribution in [-0.2, 0) is 15.2 Å². The second kappa shape index (κ2) is 4.51. The van der Waals surface area contributed by atoms with Crippen molar-refractivity contribution in [3.8, 4) is 0 Å². The Hall–Kier alpha value is 0.644. The SMILES string of the molecule is Cl[CH2][V]([CH2]Cl)[C]1=CC=CC1. The Bertz CT molecular complexity index is 159. The monoisotopic (exact) mass is 214 g/mol. The minimum atomic E-state index is -0.980. The molecule has 0 aromatic rings. The van der Waals surface area contributed by atoms with E-state index in [9.17, 15) is 0 Å². The molecule has 0 radical (unpaired) electrons. The zero-order valence-electron chi connectivity index (χ0n) is 5.56. The maximum absolute atomic E-state index is 5.76. The van der Waals surface area contributed by atoms with Gasteiger partial charge in [-0.15, -0.1) is 0 Å². The number of allylic oxidation sites excluding steroid dienone is 4. The molecule has 0 fully saturated rings. The van der Waals surface area contributed by atoms with Gasteiger partial charge in [0, 0.05) is 0 Å². The van der Waals surface area contributed by atoms with Crippen molar-refractivity contribution in [2.24, 2.45) is 0 Å². The molecule has 10 heavy (non-hydrogen) atoms. The molecule has 0 unspecified atom stereocenters. The fraction of sp³-hybridized carbons (Fsp3) is 0.429. The third-order valence-corrected chi connectivity index (χ3v) is 6.51. The molecule has 0 saturated heterocycles. The van der Waals surface area contributed by atoms with Gasteiger partial charge in [-0.05, 0) is 0 Å². The predicted molar refractivity (Wildman–Crippen MR) is 43.3 cm³/mol. The van der Waals surface area contributed by atoms with Gasteiger partial charge in [0.15, 0.2) is 0 Å². The van der Waals surface area contributed by atoms with E-state index in [0.29, 0.717) is 0 Å². The van der Waals surface area contributed by atoms with Gasteiger partial charge in [-0.2, -0.15) is 0 Å². The summed E-state index contributed by atoms with van der Waals surface area (Å²) < 4.78 is 3.08. The molecule has 0 aliphatic heterocycles. The van der Waals surface area contributed by atoms with E-state index in [2.05, 4.69) is 18.2 Å². The van der Waals surface area contributed by atoms with Gasteiger partial charge < -0.3 is 0 Å². The molecule has 0 spiro atoms. The first-order valence-electron chi connectivity index (χ1n) is 3.11. The van der Waals surface area contributed by atoms with Crippen molar-refractivity contribution in [2.45, 2.75) is 6.42 Å². The molecule has 3 heteroatoms. The van der Waals surface area contributed by atoms with Crippen molar-refractivity contribution in [3.63, 3.8) is 0 Å². The van der Waals surface area contributed by atoms with E-state index >= 15 is 0 Å². The van der Waals surface area contributed by atoms with Gasteiger partial charge in [-0.3, -0.25) is 0 Å². The summed E-state index contributed by atoms with van der Waals surface area (Å²) in [6.07, 6.45) is 7.52.